The minimum absolute atomic E-state index is 0.0635. The lowest BCUT2D eigenvalue weighted by molar-refractivity contribution is -0.138. The Balaban J connectivity index is 2.56. The largest absolute Gasteiger partial charge is 0.302 e. The van der Waals surface area contributed by atoms with Crippen molar-refractivity contribution < 1.29 is 9.59 Å². The van der Waals surface area contributed by atoms with Crippen LogP contribution in [0.2, 0.25) is 0 Å². The van der Waals surface area contributed by atoms with E-state index in [1.54, 1.807) is 6.92 Å². The van der Waals surface area contributed by atoms with Gasteiger partial charge >= 0.3 is 0 Å². The van der Waals surface area contributed by atoms with Gasteiger partial charge in [-0.1, -0.05) is 0 Å². The lowest BCUT2D eigenvalue weighted by Gasteiger charge is -2.16. The zero-order valence-electron chi connectivity index (χ0n) is 9.12. The van der Waals surface area contributed by atoms with E-state index in [0.29, 0.717) is 13.0 Å². The number of nitrogens with zero attached hydrogens (tertiary/aromatic N) is 1. The monoisotopic (exact) mass is 208 g/mol. The van der Waals surface area contributed by atoms with Gasteiger partial charge in [0.25, 0.3) is 0 Å². The number of carbonyl (C=O) groups excluding carboxylic acids is 2. The normalized spacial score (nSPS) is 23.0. The zero-order chi connectivity index (χ0) is 11.4. The van der Waals surface area contributed by atoms with E-state index in [2.05, 4.69) is 11.2 Å². The van der Waals surface area contributed by atoms with Crippen molar-refractivity contribution in [3.05, 3.63) is 0 Å². The molecule has 82 valence electrons. The van der Waals surface area contributed by atoms with Gasteiger partial charge in [-0.25, -0.2) is 0 Å². The van der Waals surface area contributed by atoms with Gasteiger partial charge in [-0.2, -0.15) is 0 Å². The van der Waals surface area contributed by atoms with E-state index in [9.17, 15) is 9.59 Å². The minimum atomic E-state index is -0.388. The number of hydrogen-bond donors (Lipinski definition) is 1. The molecule has 1 heterocycles. The van der Waals surface area contributed by atoms with Crippen LogP contribution in [0.5, 0.6) is 0 Å². The Bertz CT molecular complexity index is 306. The number of hydrogen-bond acceptors (Lipinski definition) is 3. The summed E-state index contributed by atoms with van der Waals surface area (Å²) in [6.07, 6.45) is 5.98. The molecule has 4 nitrogen and oxygen atoms in total. The van der Waals surface area contributed by atoms with E-state index in [-0.39, 0.29) is 30.3 Å². The summed E-state index contributed by atoms with van der Waals surface area (Å²) < 4.78 is 0. The maximum atomic E-state index is 11.7. The molecular formula is C11H16N2O2. The standard InChI is InChI=1S/C11H16N2O2/c1-4-6-8(3)12-9-7-10(14)13(5-2)11(9)15/h1,8-9,12H,5-7H2,2-3H3. The van der Waals surface area contributed by atoms with Crippen molar-refractivity contribution in [1.82, 2.24) is 10.2 Å². The van der Waals surface area contributed by atoms with E-state index >= 15 is 0 Å². The van der Waals surface area contributed by atoms with Crippen molar-refractivity contribution in [2.75, 3.05) is 6.54 Å². The first-order valence-electron chi connectivity index (χ1n) is 5.13. The van der Waals surface area contributed by atoms with E-state index in [4.69, 9.17) is 6.42 Å². The number of rotatable bonds is 4. The maximum absolute atomic E-state index is 11.7. The number of terminal acetylenes is 1. The Morgan fingerprint density at radius 3 is 2.80 bits per heavy atom. The fourth-order valence-corrected chi connectivity index (χ4v) is 1.72. The van der Waals surface area contributed by atoms with Crippen molar-refractivity contribution >= 4 is 11.8 Å². The third kappa shape index (κ3) is 2.57. The van der Waals surface area contributed by atoms with E-state index in [1.165, 1.54) is 4.90 Å². The van der Waals surface area contributed by atoms with Crippen molar-refractivity contribution in [2.24, 2.45) is 0 Å². The highest BCUT2D eigenvalue weighted by Crippen LogP contribution is 2.13. The third-order valence-electron chi connectivity index (χ3n) is 2.47. The Morgan fingerprint density at radius 1 is 1.67 bits per heavy atom. The Morgan fingerprint density at radius 2 is 2.33 bits per heavy atom. The van der Waals surface area contributed by atoms with Gasteiger partial charge < -0.3 is 5.32 Å². The summed E-state index contributed by atoms with van der Waals surface area (Å²) >= 11 is 0. The number of carbonyl (C=O) groups is 2. The number of imide groups is 1. The van der Waals surface area contributed by atoms with Crippen molar-refractivity contribution in [2.45, 2.75) is 38.8 Å². The highest BCUT2D eigenvalue weighted by Gasteiger charge is 2.37. The van der Waals surface area contributed by atoms with Crippen molar-refractivity contribution in [1.29, 1.82) is 0 Å². The summed E-state index contributed by atoms with van der Waals surface area (Å²) in [4.78, 5) is 24.3. The molecule has 1 aliphatic rings. The van der Waals surface area contributed by atoms with Crippen LogP contribution in [0, 0.1) is 12.3 Å². The smallest absolute Gasteiger partial charge is 0.246 e. The molecule has 2 amide bonds. The zero-order valence-corrected chi connectivity index (χ0v) is 9.12. The van der Waals surface area contributed by atoms with Crippen LogP contribution >= 0.6 is 0 Å². The van der Waals surface area contributed by atoms with Crippen LogP contribution < -0.4 is 5.32 Å². The second kappa shape index (κ2) is 4.94. The van der Waals surface area contributed by atoms with Gasteiger partial charge in [0, 0.05) is 19.0 Å². The molecule has 0 aliphatic carbocycles. The molecule has 0 aromatic carbocycles. The first-order chi connectivity index (χ1) is 7.10. The summed E-state index contributed by atoms with van der Waals surface area (Å²) in [5, 5.41) is 3.07. The SMILES string of the molecule is C#CCC(C)NC1CC(=O)N(CC)C1=O. The van der Waals surface area contributed by atoms with Crippen molar-refractivity contribution in [3.63, 3.8) is 0 Å². The maximum Gasteiger partial charge on any atom is 0.246 e. The van der Waals surface area contributed by atoms with Crippen LogP contribution in [0.1, 0.15) is 26.7 Å². The van der Waals surface area contributed by atoms with Gasteiger partial charge in [0.1, 0.15) is 0 Å². The lowest BCUT2D eigenvalue weighted by atomic mass is 10.2. The molecule has 4 heteroatoms. The molecule has 1 rings (SSSR count). The molecule has 1 N–H and O–H groups in total. The van der Waals surface area contributed by atoms with E-state index in [0.717, 1.165) is 0 Å². The molecule has 0 aromatic heterocycles. The Labute approximate surface area is 90.0 Å². The summed E-state index contributed by atoms with van der Waals surface area (Å²) in [5.74, 6) is 2.28. The number of nitrogens with one attached hydrogen (secondary N) is 1. The first kappa shape index (κ1) is 11.7. The highest BCUT2D eigenvalue weighted by molar-refractivity contribution is 6.05. The molecule has 0 spiro atoms. The van der Waals surface area contributed by atoms with Crippen LogP contribution in [-0.4, -0.2) is 35.3 Å². The Kier molecular flexibility index (Phi) is 3.87. The fourth-order valence-electron chi connectivity index (χ4n) is 1.72. The highest BCUT2D eigenvalue weighted by atomic mass is 16.2. The number of likely N-dealkylation sites (tertiary alicyclic amines) is 1. The predicted molar refractivity (Wildman–Crippen MR) is 56.8 cm³/mol. The van der Waals surface area contributed by atoms with Crippen LogP contribution in [0.4, 0.5) is 0 Å². The quantitative estimate of drug-likeness (QED) is 0.528. The van der Waals surface area contributed by atoms with Crippen molar-refractivity contribution in [3.8, 4) is 12.3 Å². The molecule has 15 heavy (non-hydrogen) atoms. The summed E-state index contributed by atoms with van der Waals surface area (Å²) in [6.45, 7) is 4.15. The summed E-state index contributed by atoms with van der Waals surface area (Å²) in [5.41, 5.74) is 0. The average Bonchev–Trinajstić information content (AvgIpc) is 2.42. The summed E-state index contributed by atoms with van der Waals surface area (Å²) in [7, 11) is 0. The molecule has 1 aliphatic heterocycles. The third-order valence-corrected chi connectivity index (χ3v) is 2.47. The first-order valence-corrected chi connectivity index (χ1v) is 5.13. The molecule has 0 radical (unpaired) electrons. The molecule has 0 bridgehead atoms. The molecular weight excluding hydrogens is 192 g/mol. The number of likely N-dealkylation sites (N-methyl/N-ethyl adjacent to an activating group) is 1. The van der Waals surface area contributed by atoms with Crippen LogP contribution in [0.15, 0.2) is 0 Å². The van der Waals surface area contributed by atoms with Crippen LogP contribution in [0.25, 0.3) is 0 Å². The molecule has 1 fully saturated rings. The molecule has 2 unspecified atom stereocenters. The second-order valence-electron chi connectivity index (χ2n) is 3.71. The topological polar surface area (TPSA) is 49.4 Å². The molecule has 1 saturated heterocycles. The number of amides is 2. The van der Waals surface area contributed by atoms with E-state index in [1.807, 2.05) is 6.92 Å². The van der Waals surface area contributed by atoms with Crippen LogP contribution in [0.3, 0.4) is 0 Å². The second-order valence-corrected chi connectivity index (χ2v) is 3.71. The van der Waals surface area contributed by atoms with E-state index < -0.39 is 0 Å². The summed E-state index contributed by atoms with van der Waals surface area (Å²) in [6, 6.07) is -0.325. The minimum Gasteiger partial charge on any atom is -0.302 e. The average molecular weight is 208 g/mol. The van der Waals surface area contributed by atoms with Gasteiger partial charge in [-0.15, -0.1) is 12.3 Å². The Hall–Kier alpha value is -1.34. The van der Waals surface area contributed by atoms with Gasteiger partial charge in [0.2, 0.25) is 11.8 Å². The van der Waals surface area contributed by atoms with Gasteiger partial charge in [-0.3, -0.25) is 14.5 Å². The van der Waals surface area contributed by atoms with Gasteiger partial charge in [0.05, 0.1) is 12.5 Å². The molecule has 0 saturated carbocycles. The van der Waals surface area contributed by atoms with Gasteiger partial charge in [0.15, 0.2) is 0 Å². The molecule has 0 aromatic rings. The fraction of sp³-hybridized carbons (Fsp3) is 0.636. The van der Waals surface area contributed by atoms with Gasteiger partial charge in [-0.05, 0) is 13.8 Å². The lowest BCUT2D eigenvalue weighted by Crippen LogP contribution is -2.42. The molecule has 2 atom stereocenters. The van der Waals surface area contributed by atoms with Crippen LogP contribution in [-0.2, 0) is 9.59 Å². The predicted octanol–water partition coefficient (Wildman–Crippen LogP) is 0.135.